The van der Waals surface area contributed by atoms with Gasteiger partial charge in [-0.25, -0.2) is 0 Å². The van der Waals surface area contributed by atoms with Gasteiger partial charge in [-0.3, -0.25) is 19.9 Å². The fraction of sp³-hybridized carbons (Fsp3) is 0.429. The van der Waals surface area contributed by atoms with Crippen LogP contribution in [0.2, 0.25) is 0 Å². The van der Waals surface area contributed by atoms with Crippen LogP contribution in [0, 0.1) is 16.0 Å². The van der Waals surface area contributed by atoms with Crippen LogP contribution < -0.4 is 4.74 Å². The zero-order valence-electron chi connectivity index (χ0n) is 11.2. The van der Waals surface area contributed by atoms with Crippen LogP contribution in [-0.4, -0.2) is 24.0 Å². The van der Waals surface area contributed by atoms with E-state index >= 15 is 0 Å². The largest absolute Gasteiger partial charge is 0.496 e. The highest BCUT2D eigenvalue weighted by Crippen LogP contribution is 2.31. The van der Waals surface area contributed by atoms with Crippen LogP contribution in [0.15, 0.2) is 23.2 Å². The van der Waals surface area contributed by atoms with E-state index in [1.165, 1.54) is 25.5 Å². The molecule has 6 nitrogen and oxygen atoms in total. The number of Topliss-reactive ketones (excluding diaryl/α,β-unsaturated/α-hetero) is 1. The predicted octanol–water partition coefficient (Wildman–Crippen LogP) is 3.07. The summed E-state index contributed by atoms with van der Waals surface area (Å²) in [4.78, 5) is 26.3. The van der Waals surface area contributed by atoms with Crippen LogP contribution in [0.3, 0.4) is 0 Å². The first kappa shape index (κ1) is 14.2. The Morgan fingerprint density at radius 3 is 2.90 bits per heavy atom. The number of rotatable bonds is 4. The van der Waals surface area contributed by atoms with Gasteiger partial charge in [-0.05, 0) is 25.0 Å². The average molecular weight is 276 g/mol. The molecule has 1 aromatic carbocycles. The fourth-order valence-electron chi connectivity index (χ4n) is 2.22. The van der Waals surface area contributed by atoms with E-state index in [9.17, 15) is 14.9 Å². The minimum absolute atomic E-state index is 0.121. The van der Waals surface area contributed by atoms with Gasteiger partial charge < -0.3 is 4.74 Å². The van der Waals surface area contributed by atoms with Gasteiger partial charge in [-0.15, -0.1) is 0 Å². The lowest BCUT2D eigenvalue weighted by molar-refractivity contribution is -0.384. The molecule has 6 heteroatoms. The Morgan fingerprint density at radius 1 is 1.45 bits per heavy atom. The molecule has 1 fully saturated rings. The van der Waals surface area contributed by atoms with Gasteiger partial charge >= 0.3 is 0 Å². The van der Waals surface area contributed by atoms with E-state index in [0.29, 0.717) is 12.2 Å². The zero-order chi connectivity index (χ0) is 14.5. The lowest BCUT2D eigenvalue weighted by atomic mass is 9.89. The Hall–Kier alpha value is -2.24. The number of carbonyl (C=O) groups is 1. The molecule has 0 aliphatic heterocycles. The van der Waals surface area contributed by atoms with Crippen molar-refractivity contribution in [2.75, 3.05) is 7.11 Å². The van der Waals surface area contributed by atoms with Crippen LogP contribution in [0.5, 0.6) is 5.75 Å². The number of hydrogen-bond donors (Lipinski definition) is 0. The van der Waals surface area contributed by atoms with Crippen molar-refractivity contribution < 1.29 is 14.5 Å². The van der Waals surface area contributed by atoms with Crippen molar-refractivity contribution in [3.05, 3.63) is 28.3 Å². The molecule has 0 aromatic heterocycles. The smallest absolute Gasteiger partial charge is 0.298 e. The van der Waals surface area contributed by atoms with Crippen molar-refractivity contribution in [1.82, 2.24) is 0 Å². The number of methoxy groups -OCH3 is 1. The van der Waals surface area contributed by atoms with Crippen molar-refractivity contribution in [3.63, 3.8) is 0 Å². The highest BCUT2D eigenvalue weighted by atomic mass is 16.6. The Bertz CT molecular complexity index is 554. The van der Waals surface area contributed by atoms with Crippen LogP contribution in [-0.2, 0) is 4.79 Å². The molecule has 0 spiro atoms. The van der Waals surface area contributed by atoms with Gasteiger partial charge in [0.2, 0.25) is 0 Å². The average Bonchev–Trinajstić information content (AvgIpc) is 2.46. The number of hydrogen-bond acceptors (Lipinski definition) is 5. The van der Waals surface area contributed by atoms with Gasteiger partial charge in [0.05, 0.1) is 24.0 Å². The molecule has 0 unspecified atom stereocenters. The molecule has 0 radical (unpaired) electrons. The number of nitrogens with zero attached hydrogens (tertiary/aromatic N) is 2. The molecule has 0 bridgehead atoms. The van der Waals surface area contributed by atoms with Gasteiger partial charge in [0.25, 0.3) is 5.69 Å². The molecule has 1 aromatic rings. The monoisotopic (exact) mass is 276 g/mol. The predicted molar refractivity (Wildman–Crippen MR) is 74.8 cm³/mol. The molecular weight excluding hydrogens is 260 g/mol. The highest BCUT2D eigenvalue weighted by Gasteiger charge is 2.21. The summed E-state index contributed by atoms with van der Waals surface area (Å²) in [6.45, 7) is 0. The normalized spacial score (nSPS) is 19.2. The number of carbonyl (C=O) groups excluding carboxylic acids is 1. The van der Waals surface area contributed by atoms with Crippen molar-refractivity contribution in [3.8, 4) is 5.75 Å². The molecule has 106 valence electrons. The van der Waals surface area contributed by atoms with E-state index in [4.69, 9.17) is 4.74 Å². The number of benzene rings is 1. The molecule has 0 saturated heterocycles. The first-order chi connectivity index (χ1) is 9.61. The van der Waals surface area contributed by atoms with Crippen molar-refractivity contribution >= 4 is 23.4 Å². The van der Waals surface area contributed by atoms with E-state index in [0.717, 1.165) is 19.3 Å². The van der Waals surface area contributed by atoms with Crippen molar-refractivity contribution in [2.45, 2.75) is 25.7 Å². The summed E-state index contributed by atoms with van der Waals surface area (Å²) in [5.74, 6) is 0.353. The molecular formula is C14H16N2O4. The summed E-state index contributed by atoms with van der Waals surface area (Å²) in [6.07, 6.45) is 4.79. The summed E-state index contributed by atoms with van der Waals surface area (Å²) >= 11 is 0. The number of aliphatic imine (C=N–C) groups is 1. The SMILES string of the molecule is COc1ccc(N=C[C@@H]2CCCCC2=O)c([N+](=O)[O-])c1. The number of nitro groups is 1. The van der Waals surface area contributed by atoms with Crippen LogP contribution in [0.1, 0.15) is 25.7 Å². The highest BCUT2D eigenvalue weighted by molar-refractivity contribution is 5.96. The van der Waals surface area contributed by atoms with Crippen LogP contribution in [0.4, 0.5) is 11.4 Å². The molecule has 0 heterocycles. The van der Waals surface area contributed by atoms with Crippen LogP contribution in [0.25, 0.3) is 0 Å². The second-order valence-corrected chi connectivity index (χ2v) is 4.71. The lowest BCUT2D eigenvalue weighted by Gasteiger charge is -2.15. The van der Waals surface area contributed by atoms with Gasteiger partial charge in [0, 0.05) is 12.6 Å². The van der Waals surface area contributed by atoms with Gasteiger partial charge in [0.1, 0.15) is 17.2 Å². The first-order valence-electron chi connectivity index (χ1n) is 6.51. The van der Waals surface area contributed by atoms with Crippen molar-refractivity contribution in [2.24, 2.45) is 10.9 Å². The molecule has 0 N–H and O–H groups in total. The third-order valence-corrected chi connectivity index (χ3v) is 3.37. The summed E-state index contributed by atoms with van der Waals surface area (Å²) in [7, 11) is 1.45. The summed E-state index contributed by atoms with van der Waals surface area (Å²) in [5.41, 5.74) is 0.123. The minimum atomic E-state index is -0.502. The second kappa shape index (κ2) is 6.27. The van der Waals surface area contributed by atoms with E-state index < -0.39 is 4.92 Å². The van der Waals surface area contributed by atoms with E-state index in [1.54, 1.807) is 6.07 Å². The quantitative estimate of drug-likeness (QED) is 0.480. The number of nitro benzene ring substituents is 1. The number of ether oxygens (including phenoxy) is 1. The van der Waals surface area contributed by atoms with Gasteiger partial charge in [-0.2, -0.15) is 0 Å². The molecule has 1 saturated carbocycles. The first-order valence-corrected chi connectivity index (χ1v) is 6.51. The van der Waals surface area contributed by atoms with Crippen LogP contribution >= 0.6 is 0 Å². The van der Waals surface area contributed by atoms with E-state index in [2.05, 4.69) is 4.99 Å². The van der Waals surface area contributed by atoms with E-state index in [1.807, 2.05) is 0 Å². The fourth-order valence-corrected chi connectivity index (χ4v) is 2.22. The zero-order valence-corrected chi connectivity index (χ0v) is 11.2. The molecule has 1 aliphatic carbocycles. The summed E-state index contributed by atoms with van der Waals surface area (Å²) < 4.78 is 4.96. The third kappa shape index (κ3) is 3.20. The van der Waals surface area contributed by atoms with Crippen molar-refractivity contribution in [1.29, 1.82) is 0 Å². The molecule has 0 amide bonds. The maximum absolute atomic E-state index is 11.7. The standard InChI is InChI=1S/C14H16N2O4/c1-20-11-6-7-12(13(8-11)16(18)19)15-9-10-4-2-3-5-14(10)17/h6-10H,2-5H2,1H3/t10-/m0/s1. The minimum Gasteiger partial charge on any atom is -0.496 e. The Morgan fingerprint density at radius 2 is 2.25 bits per heavy atom. The van der Waals surface area contributed by atoms with Gasteiger partial charge in [0.15, 0.2) is 0 Å². The Kier molecular flexibility index (Phi) is 4.45. The lowest BCUT2D eigenvalue weighted by Crippen LogP contribution is -2.19. The molecule has 20 heavy (non-hydrogen) atoms. The second-order valence-electron chi connectivity index (χ2n) is 4.71. The van der Waals surface area contributed by atoms with Gasteiger partial charge in [-0.1, -0.05) is 6.42 Å². The topological polar surface area (TPSA) is 81.8 Å². The molecule has 1 aliphatic rings. The Labute approximate surface area is 116 Å². The maximum atomic E-state index is 11.7. The van der Waals surface area contributed by atoms with E-state index in [-0.39, 0.29) is 23.1 Å². The molecule has 1 atom stereocenters. The maximum Gasteiger partial charge on any atom is 0.298 e. The summed E-state index contributed by atoms with van der Waals surface area (Å²) in [5, 5.41) is 11.0. The third-order valence-electron chi connectivity index (χ3n) is 3.37. The molecule has 2 rings (SSSR count). The number of ketones is 1. The Balaban J connectivity index is 2.23. The summed E-state index contributed by atoms with van der Waals surface area (Å²) in [6, 6.07) is 4.47.